The standard InChI is InChI=1S/C10H17IO2/c1-5-8-10(4,6-7-11)13-9(2,3)12-8/h6-8H,5H2,1-4H3/b7-6+/t8-,10+/m1/s1. The second-order valence-corrected chi connectivity index (χ2v) is 4.71. The second-order valence-electron chi connectivity index (χ2n) is 3.99. The lowest BCUT2D eigenvalue weighted by molar-refractivity contribution is -0.153. The number of hydrogen-bond donors (Lipinski definition) is 0. The SMILES string of the molecule is CC[C@H]1OC(C)(C)O[C@@]1(C)/C=C/I. The molecule has 0 saturated carbocycles. The van der Waals surface area contributed by atoms with E-state index in [1.807, 2.05) is 17.9 Å². The van der Waals surface area contributed by atoms with Crippen LogP contribution in [0, 0.1) is 0 Å². The van der Waals surface area contributed by atoms with Crippen molar-refractivity contribution in [3.63, 3.8) is 0 Å². The van der Waals surface area contributed by atoms with Crippen molar-refractivity contribution in [2.75, 3.05) is 0 Å². The Balaban J connectivity index is 2.85. The highest BCUT2D eigenvalue weighted by Crippen LogP contribution is 2.38. The van der Waals surface area contributed by atoms with Crippen molar-refractivity contribution in [3.05, 3.63) is 10.2 Å². The van der Waals surface area contributed by atoms with E-state index in [0.717, 1.165) is 6.42 Å². The molecular formula is C10H17IO2. The van der Waals surface area contributed by atoms with Crippen LogP contribution in [0.2, 0.25) is 0 Å². The van der Waals surface area contributed by atoms with Gasteiger partial charge >= 0.3 is 0 Å². The van der Waals surface area contributed by atoms with Crippen molar-refractivity contribution in [2.45, 2.75) is 51.6 Å². The van der Waals surface area contributed by atoms with Gasteiger partial charge in [-0.2, -0.15) is 0 Å². The molecule has 0 aromatic heterocycles. The first-order valence-electron chi connectivity index (χ1n) is 4.59. The molecule has 1 aliphatic rings. The molecule has 0 spiro atoms. The van der Waals surface area contributed by atoms with Gasteiger partial charge in [0.2, 0.25) is 0 Å². The van der Waals surface area contributed by atoms with Crippen LogP contribution in [0.25, 0.3) is 0 Å². The molecule has 0 unspecified atom stereocenters. The Kier molecular flexibility index (Phi) is 3.41. The van der Waals surface area contributed by atoms with Gasteiger partial charge < -0.3 is 9.47 Å². The Labute approximate surface area is 93.8 Å². The van der Waals surface area contributed by atoms with Gasteiger partial charge in [-0.25, -0.2) is 0 Å². The first-order valence-corrected chi connectivity index (χ1v) is 5.84. The number of halogens is 1. The molecule has 76 valence electrons. The van der Waals surface area contributed by atoms with Crippen molar-refractivity contribution in [2.24, 2.45) is 0 Å². The molecule has 0 N–H and O–H groups in total. The molecule has 2 atom stereocenters. The van der Waals surface area contributed by atoms with Crippen LogP contribution in [0.4, 0.5) is 0 Å². The van der Waals surface area contributed by atoms with Gasteiger partial charge in [0.1, 0.15) is 5.60 Å². The monoisotopic (exact) mass is 296 g/mol. The molecule has 0 bridgehead atoms. The van der Waals surface area contributed by atoms with E-state index in [1.54, 1.807) is 0 Å². The summed E-state index contributed by atoms with van der Waals surface area (Å²) >= 11 is 2.21. The molecule has 0 aromatic carbocycles. The van der Waals surface area contributed by atoms with Crippen LogP contribution < -0.4 is 0 Å². The highest BCUT2D eigenvalue weighted by Gasteiger charge is 2.47. The molecule has 3 heteroatoms. The Bertz CT molecular complexity index is 213. The molecule has 13 heavy (non-hydrogen) atoms. The summed E-state index contributed by atoms with van der Waals surface area (Å²) in [5.41, 5.74) is -0.264. The fourth-order valence-electron chi connectivity index (χ4n) is 1.83. The van der Waals surface area contributed by atoms with E-state index in [-0.39, 0.29) is 11.7 Å². The largest absolute Gasteiger partial charge is 0.344 e. The van der Waals surface area contributed by atoms with Crippen molar-refractivity contribution in [3.8, 4) is 0 Å². The fourth-order valence-corrected chi connectivity index (χ4v) is 2.55. The molecular weight excluding hydrogens is 279 g/mol. The maximum atomic E-state index is 5.87. The van der Waals surface area contributed by atoms with Crippen LogP contribution in [0.1, 0.15) is 34.1 Å². The first kappa shape index (κ1) is 11.5. The zero-order valence-electron chi connectivity index (χ0n) is 8.63. The minimum Gasteiger partial charge on any atom is -0.344 e. The minimum atomic E-state index is -0.453. The third kappa shape index (κ3) is 2.44. The molecule has 2 nitrogen and oxygen atoms in total. The van der Waals surface area contributed by atoms with E-state index in [2.05, 4.69) is 42.5 Å². The van der Waals surface area contributed by atoms with Crippen LogP contribution in [-0.2, 0) is 9.47 Å². The van der Waals surface area contributed by atoms with Crippen LogP contribution in [0.3, 0.4) is 0 Å². The Morgan fingerprint density at radius 3 is 2.46 bits per heavy atom. The van der Waals surface area contributed by atoms with Gasteiger partial charge in [-0.3, -0.25) is 0 Å². The van der Waals surface area contributed by atoms with Crippen LogP contribution in [-0.4, -0.2) is 17.5 Å². The molecule has 1 fully saturated rings. The summed E-state index contributed by atoms with van der Waals surface area (Å²) in [6.45, 7) is 8.11. The summed E-state index contributed by atoms with van der Waals surface area (Å²) in [5, 5.41) is 0. The van der Waals surface area contributed by atoms with Gasteiger partial charge in [0.05, 0.1) is 6.10 Å². The average molecular weight is 296 g/mol. The van der Waals surface area contributed by atoms with E-state index in [0.29, 0.717) is 0 Å². The molecule has 0 aliphatic carbocycles. The van der Waals surface area contributed by atoms with Gasteiger partial charge in [-0.1, -0.05) is 29.5 Å². The van der Waals surface area contributed by atoms with Crippen molar-refractivity contribution in [1.29, 1.82) is 0 Å². The summed E-state index contributed by atoms with van der Waals surface area (Å²) < 4.78 is 13.6. The predicted molar refractivity (Wildman–Crippen MR) is 61.9 cm³/mol. The Hall–Kier alpha value is 0.390. The third-order valence-corrected chi connectivity index (χ3v) is 2.66. The van der Waals surface area contributed by atoms with Crippen molar-refractivity contribution in [1.82, 2.24) is 0 Å². The van der Waals surface area contributed by atoms with Gasteiger partial charge in [-0.15, -0.1) is 0 Å². The fraction of sp³-hybridized carbons (Fsp3) is 0.800. The molecule has 1 rings (SSSR count). The topological polar surface area (TPSA) is 18.5 Å². The third-order valence-electron chi connectivity index (χ3n) is 2.30. The van der Waals surface area contributed by atoms with Crippen LogP contribution in [0.5, 0.6) is 0 Å². The lowest BCUT2D eigenvalue weighted by Gasteiger charge is -2.24. The smallest absolute Gasteiger partial charge is 0.164 e. The quantitative estimate of drug-likeness (QED) is 0.728. The van der Waals surface area contributed by atoms with Crippen molar-refractivity contribution >= 4 is 22.6 Å². The first-order chi connectivity index (χ1) is 5.93. The Morgan fingerprint density at radius 2 is 2.00 bits per heavy atom. The van der Waals surface area contributed by atoms with Crippen molar-refractivity contribution < 1.29 is 9.47 Å². The lowest BCUT2D eigenvalue weighted by atomic mass is 9.98. The molecule has 1 heterocycles. The van der Waals surface area contributed by atoms with Gasteiger partial charge in [0.15, 0.2) is 5.79 Å². The maximum absolute atomic E-state index is 5.87. The normalized spacial score (nSPS) is 38.7. The number of hydrogen-bond acceptors (Lipinski definition) is 2. The van der Waals surface area contributed by atoms with Crippen LogP contribution in [0.15, 0.2) is 10.2 Å². The van der Waals surface area contributed by atoms with E-state index in [9.17, 15) is 0 Å². The highest BCUT2D eigenvalue weighted by atomic mass is 127. The lowest BCUT2D eigenvalue weighted by Crippen LogP contribution is -2.34. The summed E-state index contributed by atoms with van der Waals surface area (Å²) in [6.07, 6.45) is 3.20. The van der Waals surface area contributed by atoms with E-state index in [1.165, 1.54) is 0 Å². The molecule has 1 aliphatic heterocycles. The van der Waals surface area contributed by atoms with Crippen LogP contribution >= 0.6 is 22.6 Å². The number of ether oxygens (including phenoxy) is 2. The predicted octanol–water partition coefficient (Wildman–Crippen LogP) is 3.26. The van der Waals surface area contributed by atoms with Gasteiger partial charge in [0, 0.05) is 0 Å². The molecule has 0 aromatic rings. The van der Waals surface area contributed by atoms with E-state index >= 15 is 0 Å². The molecule has 1 saturated heterocycles. The summed E-state index contributed by atoms with van der Waals surface area (Å²) in [5.74, 6) is -0.453. The highest BCUT2D eigenvalue weighted by molar-refractivity contribution is 14.1. The zero-order valence-corrected chi connectivity index (χ0v) is 10.8. The average Bonchev–Trinajstić information content (AvgIpc) is 2.21. The second kappa shape index (κ2) is 3.87. The molecule has 0 amide bonds. The summed E-state index contributed by atoms with van der Waals surface area (Å²) in [7, 11) is 0. The van der Waals surface area contributed by atoms with E-state index in [4.69, 9.17) is 9.47 Å². The summed E-state index contributed by atoms with van der Waals surface area (Å²) in [4.78, 5) is 0. The Morgan fingerprint density at radius 1 is 1.38 bits per heavy atom. The number of rotatable bonds is 2. The summed E-state index contributed by atoms with van der Waals surface area (Å²) in [6, 6.07) is 0. The molecule has 0 radical (unpaired) electrons. The minimum absolute atomic E-state index is 0.161. The van der Waals surface area contributed by atoms with Gasteiger partial charge in [0.25, 0.3) is 0 Å². The zero-order chi connectivity index (χ0) is 10.1. The van der Waals surface area contributed by atoms with Gasteiger partial charge in [-0.05, 0) is 37.4 Å². The van der Waals surface area contributed by atoms with E-state index < -0.39 is 5.79 Å². The maximum Gasteiger partial charge on any atom is 0.164 e.